The lowest BCUT2D eigenvalue weighted by Crippen LogP contribution is -3.00. The molecule has 0 N–H and O–H groups in total. The standard InChI is InChI=1S/C24H49N2.BrH/c1-4-6-8-10-12-14-16-18-22-26(3,24-20-21-25)23-19-17-15-13-11-9-7-5-2;/h4-20,22-24H2,1-3H3;1H/q+1;/p-1. The Balaban J connectivity index is 0. The van der Waals surface area contributed by atoms with E-state index in [0.717, 1.165) is 11.0 Å². The van der Waals surface area contributed by atoms with Gasteiger partial charge in [-0.3, -0.25) is 0 Å². The van der Waals surface area contributed by atoms with Crippen LogP contribution in [0.2, 0.25) is 0 Å². The van der Waals surface area contributed by atoms with Crippen molar-refractivity contribution in [2.24, 2.45) is 0 Å². The number of quaternary nitrogens is 1. The Morgan fingerprint density at radius 3 is 1.22 bits per heavy atom. The zero-order chi connectivity index (χ0) is 19.3. The molecule has 0 aliphatic rings. The first-order valence-electron chi connectivity index (χ1n) is 11.9. The van der Waals surface area contributed by atoms with Crippen molar-refractivity contribution in [3.8, 4) is 6.07 Å². The van der Waals surface area contributed by atoms with Crippen LogP contribution in [0.1, 0.15) is 123 Å². The SMILES string of the molecule is CCCCCCCCCC[N+](C)(CCC#N)CCCCCCCCCC.[Br-]. The fraction of sp³-hybridized carbons (Fsp3) is 0.958. The average Bonchev–Trinajstić information content (AvgIpc) is 2.64. The summed E-state index contributed by atoms with van der Waals surface area (Å²) in [6.45, 7) is 8.16. The maximum Gasteiger partial charge on any atom is 0.0916 e. The van der Waals surface area contributed by atoms with Crippen LogP contribution in [-0.4, -0.2) is 31.2 Å². The van der Waals surface area contributed by atoms with Crippen molar-refractivity contribution < 1.29 is 21.5 Å². The second-order valence-corrected chi connectivity index (χ2v) is 8.65. The largest absolute Gasteiger partial charge is 1.00 e. The van der Waals surface area contributed by atoms with Gasteiger partial charge in [0, 0.05) is 0 Å². The fourth-order valence-corrected chi connectivity index (χ4v) is 3.91. The summed E-state index contributed by atoms with van der Waals surface area (Å²) in [7, 11) is 2.39. The van der Waals surface area contributed by atoms with Gasteiger partial charge in [-0.25, -0.2) is 0 Å². The first-order valence-corrected chi connectivity index (χ1v) is 11.9. The van der Waals surface area contributed by atoms with Crippen LogP contribution in [-0.2, 0) is 0 Å². The summed E-state index contributed by atoms with van der Waals surface area (Å²) in [4.78, 5) is 0. The summed E-state index contributed by atoms with van der Waals surface area (Å²) in [6.07, 6.45) is 23.0. The quantitative estimate of drug-likeness (QED) is 0.198. The number of nitrogens with zero attached hydrogens (tertiary/aromatic N) is 2. The van der Waals surface area contributed by atoms with E-state index in [1.54, 1.807) is 0 Å². The van der Waals surface area contributed by atoms with E-state index in [1.807, 2.05) is 0 Å². The molecule has 0 aromatic heterocycles. The molecule has 0 unspecified atom stereocenters. The Bertz CT molecular complexity index is 305. The van der Waals surface area contributed by atoms with Gasteiger partial charge in [-0.15, -0.1) is 0 Å². The second kappa shape index (κ2) is 22.2. The number of hydrogen-bond acceptors (Lipinski definition) is 1. The molecular formula is C24H49BrN2. The Hall–Kier alpha value is -0.0700. The summed E-state index contributed by atoms with van der Waals surface area (Å²) >= 11 is 0. The minimum atomic E-state index is 0. The molecule has 3 heteroatoms. The van der Waals surface area contributed by atoms with Crippen LogP contribution in [0.4, 0.5) is 0 Å². The van der Waals surface area contributed by atoms with Crippen molar-refractivity contribution in [2.45, 2.75) is 123 Å². The third-order valence-electron chi connectivity index (χ3n) is 5.87. The predicted molar refractivity (Wildman–Crippen MR) is 116 cm³/mol. The lowest BCUT2D eigenvalue weighted by atomic mass is 10.1. The fourth-order valence-electron chi connectivity index (χ4n) is 3.91. The molecule has 0 radical (unpaired) electrons. The van der Waals surface area contributed by atoms with Crippen LogP contribution in [0.3, 0.4) is 0 Å². The van der Waals surface area contributed by atoms with Crippen LogP contribution in [0.5, 0.6) is 0 Å². The highest BCUT2D eigenvalue weighted by atomic mass is 79.9. The van der Waals surface area contributed by atoms with Crippen LogP contribution >= 0.6 is 0 Å². The molecule has 0 fully saturated rings. The maximum atomic E-state index is 8.99. The number of hydrogen-bond donors (Lipinski definition) is 0. The number of unbranched alkanes of at least 4 members (excludes halogenated alkanes) is 14. The van der Waals surface area contributed by atoms with E-state index in [1.165, 1.54) is 116 Å². The number of rotatable bonds is 20. The zero-order valence-electron chi connectivity index (χ0n) is 18.9. The zero-order valence-corrected chi connectivity index (χ0v) is 20.5. The molecule has 0 atom stereocenters. The third-order valence-corrected chi connectivity index (χ3v) is 5.87. The Morgan fingerprint density at radius 1 is 0.556 bits per heavy atom. The van der Waals surface area contributed by atoms with Gasteiger partial charge in [0.05, 0.1) is 39.2 Å². The second-order valence-electron chi connectivity index (χ2n) is 8.65. The highest BCUT2D eigenvalue weighted by molar-refractivity contribution is 4.68. The van der Waals surface area contributed by atoms with E-state index in [9.17, 15) is 0 Å². The Kier molecular flexibility index (Phi) is 24.0. The highest BCUT2D eigenvalue weighted by Crippen LogP contribution is 2.15. The van der Waals surface area contributed by atoms with Crippen molar-refractivity contribution in [3.05, 3.63) is 0 Å². The number of nitriles is 1. The summed E-state index contributed by atoms with van der Waals surface area (Å²) in [5, 5.41) is 8.99. The first-order chi connectivity index (χ1) is 12.7. The first kappa shape index (κ1) is 29.1. The van der Waals surface area contributed by atoms with E-state index in [-0.39, 0.29) is 17.0 Å². The third kappa shape index (κ3) is 20.5. The van der Waals surface area contributed by atoms with Crippen molar-refractivity contribution >= 4 is 0 Å². The van der Waals surface area contributed by atoms with Crippen molar-refractivity contribution in [1.29, 1.82) is 5.26 Å². The summed E-state index contributed by atoms with van der Waals surface area (Å²) in [5.41, 5.74) is 0. The van der Waals surface area contributed by atoms with E-state index in [0.29, 0.717) is 6.42 Å². The molecule has 0 aromatic rings. The Morgan fingerprint density at radius 2 is 0.889 bits per heavy atom. The Labute approximate surface area is 182 Å². The molecule has 0 saturated heterocycles. The van der Waals surface area contributed by atoms with E-state index >= 15 is 0 Å². The molecule has 0 heterocycles. The van der Waals surface area contributed by atoms with E-state index < -0.39 is 0 Å². The minimum Gasteiger partial charge on any atom is -1.00 e. The van der Waals surface area contributed by atoms with Gasteiger partial charge in [0.15, 0.2) is 0 Å². The molecule has 2 nitrogen and oxygen atoms in total. The van der Waals surface area contributed by atoms with Gasteiger partial charge in [-0.2, -0.15) is 5.26 Å². The number of halogens is 1. The van der Waals surface area contributed by atoms with Gasteiger partial charge in [-0.1, -0.05) is 90.9 Å². The molecule has 0 amide bonds. The smallest absolute Gasteiger partial charge is 0.0916 e. The average molecular weight is 446 g/mol. The molecule has 0 aliphatic carbocycles. The molecule has 27 heavy (non-hydrogen) atoms. The predicted octanol–water partition coefficient (Wildman–Crippen LogP) is 4.63. The summed E-state index contributed by atoms with van der Waals surface area (Å²) < 4.78 is 1.12. The van der Waals surface area contributed by atoms with Gasteiger partial charge < -0.3 is 21.5 Å². The topological polar surface area (TPSA) is 23.8 Å². The van der Waals surface area contributed by atoms with Crippen LogP contribution in [0, 0.1) is 11.3 Å². The van der Waals surface area contributed by atoms with Crippen LogP contribution in [0.15, 0.2) is 0 Å². The molecule has 0 rings (SSSR count). The molecule has 162 valence electrons. The molecule has 0 saturated carbocycles. The van der Waals surface area contributed by atoms with E-state index in [4.69, 9.17) is 5.26 Å². The highest BCUT2D eigenvalue weighted by Gasteiger charge is 2.20. The summed E-state index contributed by atoms with van der Waals surface area (Å²) in [5.74, 6) is 0. The summed E-state index contributed by atoms with van der Waals surface area (Å²) in [6, 6.07) is 2.37. The van der Waals surface area contributed by atoms with Gasteiger partial charge in [0.2, 0.25) is 0 Å². The molecular weight excluding hydrogens is 396 g/mol. The van der Waals surface area contributed by atoms with Crippen LogP contribution < -0.4 is 17.0 Å². The molecule has 0 aromatic carbocycles. The lowest BCUT2D eigenvalue weighted by molar-refractivity contribution is -0.909. The monoisotopic (exact) mass is 444 g/mol. The normalized spacial score (nSPS) is 11.2. The van der Waals surface area contributed by atoms with Crippen molar-refractivity contribution in [3.63, 3.8) is 0 Å². The maximum absolute atomic E-state index is 8.99. The van der Waals surface area contributed by atoms with Crippen LogP contribution in [0.25, 0.3) is 0 Å². The molecule has 0 aliphatic heterocycles. The van der Waals surface area contributed by atoms with Gasteiger partial charge in [0.1, 0.15) is 0 Å². The molecule has 0 spiro atoms. The lowest BCUT2D eigenvalue weighted by Gasteiger charge is -2.34. The van der Waals surface area contributed by atoms with Crippen molar-refractivity contribution in [1.82, 2.24) is 0 Å². The van der Waals surface area contributed by atoms with Gasteiger partial charge in [0.25, 0.3) is 0 Å². The minimum absolute atomic E-state index is 0. The molecule has 0 bridgehead atoms. The van der Waals surface area contributed by atoms with E-state index in [2.05, 4.69) is 27.0 Å². The van der Waals surface area contributed by atoms with Crippen molar-refractivity contribution in [2.75, 3.05) is 26.7 Å². The van der Waals surface area contributed by atoms with Gasteiger partial charge >= 0.3 is 0 Å². The van der Waals surface area contributed by atoms with Gasteiger partial charge in [-0.05, 0) is 25.7 Å².